The third-order valence-corrected chi connectivity index (χ3v) is 4.81. The third-order valence-electron chi connectivity index (χ3n) is 3.29. The molecule has 0 unspecified atom stereocenters. The Morgan fingerprint density at radius 2 is 1.57 bits per heavy atom. The summed E-state index contributed by atoms with van der Waals surface area (Å²) >= 11 is 13.4. The van der Waals surface area contributed by atoms with Crippen LogP contribution in [0.15, 0.2) is 53.4 Å². The van der Waals surface area contributed by atoms with E-state index in [1.165, 1.54) is 5.56 Å². The normalized spacial score (nSPS) is 10.5. The first-order chi connectivity index (χ1) is 11.1. The van der Waals surface area contributed by atoms with Crippen LogP contribution in [0.1, 0.15) is 18.4 Å². The second-order valence-electron chi connectivity index (χ2n) is 5.13. The molecule has 0 radical (unpaired) electrons. The van der Waals surface area contributed by atoms with Crippen LogP contribution < -0.4 is 5.32 Å². The molecular weight excluding hydrogens is 349 g/mol. The lowest BCUT2D eigenvalue weighted by atomic mass is 10.1. The summed E-state index contributed by atoms with van der Waals surface area (Å²) in [7, 11) is 0. The van der Waals surface area contributed by atoms with Crippen molar-refractivity contribution < 1.29 is 4.79 Å². The van der Waals surface area contributed by atoms with Crippen LogP contribution in [0.3, 0.4) is 0 Å². The van der Waals surface area contributed by atoms with Crippen LogP contribution in [0.5, 0.6) is 0 Å². The van der Waals surface area contributed by atoms with Crippen molar-refractivity contribution >= 4 is 40.9 Å². The van der Waals surface area contributed by atoms with Gasteiger partial charge in [0.15, 0.2) is 0 Å². The molecular formula is C18H19Cl2NOS. The van der Waals surface area contributed by atoms with Gasteiger partial charge in [-0.05, 0) is 54.8 Å². The average molecular weight is 368 g/mol. The standard InChI is InChI=1S/C18H19Cl2NOS/c19-15-5-3-14(4-6-15)2-1-12-21-18(22)11-13-23-17-9-7-16(20)8-10-17/h3-10H,1-2,11-13H2,(H,21,22). The van der Waals surface area contributed by atoms with Crippen LogP contribution >= 0.6 is 35.0 Å². The van der Waals surface area contributed by atoms with Crippen LogP contribution in [-0.2, 0) is 11.2 Å². The molecule has 0 spiro atoms. The maximum Gasteiger partial charge on any atom is 0.220 e. The average Bonchev–Trinajstić information content (AvgIpc) is 2.55. The largest absolute Gasteiger partial charge is 0.356 e. The van der Waals surface area contributed by atoms with E-state index in [1.54, 1.807) is 11.8 Å². The summed E-state index contributed by atoms with van der Waals surface area (Å²) < 4.78 is 0. The number of nitrogens with one attached hydrogen (secondary N) is 1. The Labute approximate surface area is 151 Å². The number of halogens is 2. The van der Waals surface area contributed by atoms with Gasteiger partial charge in [0.05, 0.1) is 0 Å². The second kappa shape index (κ2) is 9.86. The number of amides is 1. The Morgan fingerprint density at radius 1 is 0.957 bits per heavy atom. The van der Waals surface area contributed by atoms with E-state index in [9.17, 15) is 4.79 Å². The molecule has 0 atom stereocenters. The van der Waals surface area contributed by atoms with E-state index in [-0.39, 0.29) is 5.91 Å². The van der Waals surface area contributed by atoms with E-state index in [0.717, 1.165) is 33.5 Å². The monoisotopic (exact) mass is 367 g/mol. The summed E-state index contributed by atoms with van der Waals surface area (Å²) in [6, 6.07) is 15.5. The van der Waals surface area contributed by atoms with E-state index in [2.05, 4.69) is 5.32 Å². The van der Waals surface area contributed by atoms with Gasteiger partial charge in [-0.1, -0.05) is 35.3 Å². The molecule has 0 saturated carbocycles. The molecule has 1 amide bonds. The summed E-state index contributed by atoms with van der Waals surface area (Å²) in [6.07, 6.45) is 2.39. The van der Waals surface area contributed by atoms with E-state index >= 15 is 0 Å². The molecule has 2 nitrogen and oxygen atoms in total. The number of carbonyl (C=O) groups is 1. The predicted molar refractivity (Wildman–Crippen MR) is 99.6 cm³/mol. The minimum absolute atomic E-state index is 0.0996. The number of carbonyl (C=O) groups excluding carboxylic acids is 1. The van der Waals surface area contributed by atoms with Gasteiger partial charge < -0.3 is 5.32 Å². The summed E-state index contributed by atoms with van der Waals surface area (Å²) in [6.45, 7) is 0.701. The smallest absolute Gasteiger partial charge is 0.220 e. The lowest BCUT2D eigenvalue weighted by Crippen LogP contribution is -2.24. The van der Waals surface area contributed by atoms with Gasteiger partial charge in [0.25, 0.3) is 0 Å². The number of benzene rings is 2. The van der Waals surface area contributed by atoms with Crippen LogP contribution in [0.4, 0.5) is 0 Å². The van der Waals surface area contributed by atoms with E-state index in [4.69, 9.17) is 23.2 Å². The fraction of sp³-hybridized carbons (Fsp3) is 0.278. The number of thioether (sulfide) groups is 1. The van der Waals surface area contributed by atoms with Gasteiger partial charge in [-0.25, -0.2) is 0 Å². The second-order valence-corrected chi connectivity index (χ2v) is 7.17. The fourth-order valence-corrected chi connectivity index (χ4v) is 3.16. The molecule has 0 aliphatic rings. The van der Waals surface area contributed by atoms with Gasteiger partial charge in [0.2, 0.25) is 5.91 Å². The van der Waals surface area contributed by atoms with Gasteiger partial charge in [-0.2, -0.15) is 0 Å². The molecule has 122 valence electrons. The first-order valence-electron chi connectivity index (χ1n) is 7.53. The van der Waals surface area contributed by atoms with Crippen molar-refractivity contribution in [3.63, 3.8) is 0 Å². The zero-order valence-corrected chi connectivity index (χ0v) is 15.1. The van der Waals surface area contributed by atoms with Crippen molar-refractivity contribution in [2.24, 2.45) is 0 Å². The Balaban J connectivity index is 1.56. The van der Waals surface area contributed by atoms with Crippen LogP contribution in [0, 0.1) is 0 Å². The van der Waals surface area contributed by atoms with Gasteiger partial charge in [-0.3, -0.25) is 4.79 Å². The Morgan fingerprint density at radius 3 is 2.22 bits per heavy atom. The summed E-state index contributed by atoms with van der Waals surface area (Å²) in [5, 5.41) is 4.44. The zero-order valence-electron chi connectivity index (χ0n) is 12.7. The lowest BCUT2D eigenvalue weighted by Gasteiger charge is -2.06. The first kappa shape index (κ1) is 18.2. The molecule has 5 heteroatoms. The molecule has 0 saturated heterocycles. The van der Waals surface area contributed by atoms with Crippen molar-refractivity contribution in [1.82, 2.24) is 5.32 Å². The number of hydrogen-bond acceptors (Lipinski definition) is 2. The van der Waals surface area contributed by atoms with Crippen LogP contribution in [0.25, 0.3) is 0 Å². The summed E-state index contributed by atoms with van der Waals surface area (Å²) in [5.74, 6) is 0.868. The van der Waals surface area contributed by atoms with Crippen molar-refractivity contribution in [3.8, 4) is 0 Å². The highest BCUT2D eigenvalue weighted by Crippen LogP contribution is 2.20. The van der Waals surface area contributed by atoms with Crippen molar-refractivity contribution in [2.45, 2.75) is 24.2 Å². The topological polar surface area (TPSA) is 29.1 Å². The maximum atomic E-state index is 11.8. The molecule has 1 N–H and O–H groups in total. The number of rotatable bonds is 8. The molecule has 0 bridgehead atoms. The highest BCUT2D eigenvalue weighted by Gasteiger charge is 2.02. The summed E-state index contributed by atoms with van der Waals surface area (Å²) in [5.41, 5.74) is 1.24. The van der Waals surface area contributed by atoms with Gasteiger partial charge in [0.1, 0.15) is 0 Å². The molecule has 0 fully saturated rings. The molecule has 23 heavy (non-hydrogen) atoms. The number of aryl methyl sites for hydroxylation is 1. The van der Waals surface area contributed by atoms with E-state index < -0.39 is 0 Å². The van der Waals surface area contributed by atoms with Crippen molar-refractivity contribution in [3.05, 3.63) is 64.1 Å². The molecule has 0 heterocycles. The van der Waals surface area contributed by atoms with Gasteiger partial charge in [-0.15, -0.1) is 11.8 Å². The highest BCUT2D eigenvalue weighted by atomic mass is 35.5. The fourth-order valence-electron chi connectivity index (χ4n) is 2.05. The molecule has 2 aromatic rings. The molecule has 0 aliphatic heterocycles. The van der Waals surface area contributed by atoms with Crippen LogP contribution in [-0.4, -0.2) is 18.2 Å². The Bertz CT molecular complexity index is 614. The number of hydrogen-bond donors (Lipinski definition) is 1. The molecule has 2 rings (SSSR count). The first-order valence-corrected chi connectivity index (χ1v) is 9.27. The highest BCUT2D eigenvalue weighted by molar-refractivity contribution is 7.99. The quantitative estimate of drug-likeness (QED) is 0.511. The van der Waals surface area contributed by atoms with Gasteiger partial charge in [0, 0.05) is 33.7 Å². The van der Waals surface area contributed by atoms with Crippen LogP contribution in [0.2, 0.25) is 10.0 Å². The SMILES string of the molecule is O=C(CCSc1ccc(Cl)cc1)NCCCc1ccc(Cl)cc1. The van der Waals surface area contributed by atoms with Crippen molar-refractivity contribution in [2.75, 3.05) is 12.3 Å². The maximum absolute atomic E-state index is 11.8. The minimum atomic E-state index is 0.0996. The molecule has 0 aromatic heterocycles. The van der Waals surface area contributed by atoms with E-state index in [0.29, 0.717) is 13.0 Å². The van der Waals surface area contributed by atoms with E-state index in [1.807, 2.05) is 48.5 Å². The lowest BCUT2D eigenvalue weighted by molar-refractivity contribution is -0.120. The molecule has 2 aromatic carbocycles. The predicted octanol–water partition coefficient (Wildman–Crippen LogP) is 5.22. The Kier molecular flexibility index (Phi) is 7.80. The minimum Gasteiger partial charge on any atom is -0.356 e. The third kappa shape index (κ3) is 7.30. The molecule has 0 aliphatic carbocycles. The van der Waals surface area contributed by atoms with Gasteiger partial charge >= 0.3 is 0 Å². The van der Waals surface area contributed by atoms with Crippen molar-refractivity contribution in [1.29, 1.82) is 0 Å². The zero-order chi connectivity index (χ0) is 16.5. The Hall–Kier alpha value is -1.16. The summed E-state index contributed by atoms with van der Waals surface area (Å²) in [4.78, 5) is 12.9.